The summed E-state index contributed by atoms with van der Waals surface area (Å²) in [5, 5.41) is 5.82. The molecule has 1 heterocycles. The number of nitrogens with one attached hydrogen (secondary N) is 2. The van der Waals surface area contributed by atoms with E-state index >= 15 is 0 Å². The van der Waals surface area contributed by atoms with Gasteiger partial charge in [-0.25, -0.2) is 0 Å². The van der Waals surface area contributed by atoms with Gasteiger partial charge in [-0.1, -0.05) is 24.3 Å². The van der Waals surface area contributed by atoms with E-state index in [-0.39, 0.29) is 24.3 Å². The number of hydrogen-bond donors (Lipinski definition) is 2. The number of benzene rings is 2. The quantitative estimate of drug-likeness (QED) is 0.561. The molecule has 1 saturated carbocycles. The molecule has 1 aliphatic heterocycles. The first-order valence-corrected chi connectivity index (χ1v) is 11.5. The Labute approximate surface area is 189 Å². The number of nitrogens with zero attached hydrogens (tertiary/aromatic N) is 2. The molecule has 2 amide bonds. The molecule has 1 saturated heterocycles. The van der Waals surface area contributed by atoms with Crippen molar-refractivity contribution in [2.24, 2.45) is 5.92 Å². The predicted molar refractivity (Wildman–Crippen MR) is 126 cm³/mol. The Morgan fingerprint density at radius 2 is 1.75 bits per heavy atom. The standard InChI is InChI=1S/C25H32N4O3/c30-24(19-32-23-9-4-6-21(18-23)27-25(31)20-10-11-20)26-12-5-13-28-14-16-29(17-15-28)22-7-2-1-3-8-22/h1-4,6-9,18,20H,5,10-17,19H2,(H,26,30)(H,27,31). The molecule has 2 fully saturated rings. The number of hydrogen-bond acceptors (Lipinski definition) is 5. The van der Waals surface area contributed by atoms with Gasteiger partial charge in [0, 0.05) is 56.1 Å². The molecule has 2 aromatic rings. The van der Waals surface area contributed by atoms with Crippen LogP contribution in [0.5, 0.6) is 5.75 Å². The summed E-state index contributed by atoms with van der Waals surface area (Å²) in [4.78, 5) is 28.8. The van der Waals surface area contributed by atoms with Crippen LogP contribution in [0.3, 0.4) is 0 Å². The van der Waals surface area contributed by atoms with Crippen molar-refractivity contribution in [2.45, 2.75) is 19.3 Å². The van der Waals surface area contributed by atoms with Crippen molar-refractivity contribution >= 4 is 23.2 Å². The van der Waals surface area contributed by atoms with Gasteiger partial charge in [0.25, 0.3) is 5.91 Å². The first kappa shape index (κ1) is 22.1. The maximum absolute atomic E-state index is 12.1. The summed E-state index contributed by atoms with van der Waals surface area (Å²) in [7, 11) is 0. The van der Waals surface area contributed by atoms with E-state index < -0.39 is 0 Å². The highest BCUT2D eigenvalue weighted by atomic mass is 16.5. The minimum Gasteiger partial charge on any atom is -0.484 e. The van der Waals surface area contributed by atoms with Crippen molar-refractivity contribution in [3.63, 3.8) is 0 Å². The monoisotopic (exact) mass is 436 g/mol. The molecular formula is C25H32N4O3. The molecule has 4 rings (SSSR count). The van der Waals surface area contributed by atoms with Crippen LogP contribution in [0.25, 0.3) is 0 Å². The van der Waals surface area contributed by atoms with Crippen LogP contribution in [-0.4, -0.2) is 62.6 Å². The number of piperazine rings is 1. The molecule has 2 aromatic carbocycles. The second-order valence-electron chi connectivity index (χ2n) is 8.45. The molecule has 0 atom stereocenters. The summed E-state index contributed by atoms with van der Waals surface area (Å²) in [5.74, 6) is 0.649. The lowest BCUT2D eigenvalue weighted by Crippen LogP contribution is -2.47. The summed E-state index contributed by atoms with van der Waals surface area (Å²) in [5.41, 5.74) is 1.99. The summed E-state index contributed by atoms with van der Waals surface area (Å²) in [6.07, 6.45) is 2.85. The van der Waals surface area contributed by atoms with Gasteiger partial charge in [-0.3, -0.25) is 14.5 Å². The summed E-state index contributed by atoms with van der Waals surface area (Å²) < 4.78 is 5.59. The third-order valence-electron chi connectivity index (χ3n) is 5.89. The summed E-state index contributed by atoms with van der Waals surface area (Å²) in [6.45, 7) is 5.73. The molecule has 7 nitrogen and oxygen atoms in total. The molecule has 0 bridgehead atoms. The topological polar surface area (TPSA) is 73.9 Å². The normalized spacial score (nSPS) is 16.4. The van der Waals surface area contributed by atoms with E-state index in [9.17, 15) is 9.59 Å². The number of carbonyl (C=O) groups is 2. The molecule has 7 heteroatoms. The van der Waals surface area contributed by atoms with Crippen LogP contribution < -0.4 is 20.3 Å². The molecule has 170 valence electrons. The fourth-order valence-electron chi connectivity index (χ4n) is 3.85. The van der Waals surface area contributed by atoms with Crippen LogP contribution in [0.15, 0.2) is 54.6 Å². The van der Waals surface area contributed by atoms with E-state index in [4.69, 9.17) is 4.74 Å². The van der Waals surface area contributed by atoms with Gasteiger partial charge in [0.15, 0.2) is 6.61 Å². The number of ether oxygens (including phenoxy) is 1. The first-order chi connectivity index (χ1) is 15.7. The van der Waals surface area contributed by atoms with Gasteiger partial charge in [-0.05, 0) is 50.1 Å². The van der Waals surface area contributed by atoms with Gasteiger partial charge in [0.2, 0.25) is 5.91 Å². The zero-order valence-electron chi connectivity index (χ0n) is 18.5. The smallest absolute Gasteiger partial charge is 0.257 e. The maximum Gasteiger partial charge on any atom is 0.257 e. The minimum absolute atomic E-state index is 0.0320. The predicted octanol–water partition coefficient (Wildman–Crippen LogP) is 2.74. The Balaban J connectivity index is 1.08. The average molecular weight is 437 g/mol. The second kappa shape index (κ2) is 11.0. The van der Waals surface area contributed by atoms with Gasteiger partial charge in [-0.15, -0.1) is 0 Å². The minimum atomic E-state index is -0.133. The zero-order chi connectivity index (χ0) is 22.2. The molecule has 0 unspecified atom stereocenters. The number of anilines is 2. The SMILES string of the molecule is O=C(COc1cccc(NC(=O)C2CC2)c1)NCCCN1CCN(c2ccccc2)CC1. The lowest BCUT2D eigenvalue weighted by molar-refractivity contribution is -0.123. The van der Waals surface area contributed by atoms with E-state index in [0.717, 1.165) is 52.0 Å². The molecular weight excluding hydrogens is 404 g/mol. The molecule has 0 aromatic heterocycles. The number of carbonyl (C=O) groups excluding carboxylic acids is 2. The Kier molecular flexibility index (Phi) is 7.61. The van der Waals surface area contributed by atoms with Crippen LogP contribution in [0.1, 0.15) is 19.3 Å². The third-order valence-corrected chi connectivity index (χ3v) is 5.89. The number of para-hydroxylation sites is 1. The average Bonchev–Trinajstić information content (AvgIpc) is 3.68. The maximum atomic E-state index is 12.1. The molecule has 32 heavy (non-hydrogen) atoms. The van der Waals surface area contributed by atoms with Crippen molar-refractivity contribution in [1.82, 2.24) is 10.2 Å². The van der Waals surface area contributed by atoms with Gasteiger partial charge in [0.1, 0.15) is 5.75 Å². The van der Waals surface area contributed by atoms with E-state index in [1.54, 1.807) is 12.1 Å². The van der Waals surface area contributed by atoms with Crippen molar-refractivity contribution in [1.29, 1.82) is 0 Å². The molecule has 2 aliphatic rings. The lowest BCUT2D eigenvalue weighted by atomic mass is 10.2. The van der Waals surface area contributed by atoms with Crippen molar-refractivity contribution in [3.05, 3.63) is 54.6 Å². The van der Waals surface area contributed by atoms with E-state index in [0.29, 0.717) is 18.0 Å². The van der Waals surface area contributed by atoms with Gasteiger partial charge >= 0.3 is 0 Å². The highest BCUT2D eigenvalue weighted by Gasteiger charge is 2.29. The Hall–Kier alpha value is -3.06. The highest BCUT2D eigenvalue weighted by Crippen LogP contribution is 2.30. The van der Waals surface area contributed by atoms with Crippen molar-refractivity contribution in [3.8, 4) is 5.75 Å². The highest BCUT2D eigenvalue weighted by molar-refractivity contribution is 5.94. The fraction of sp³-hybridized carbons (Fsp3) is 0.440. The van der Waals surface area contributed by atoms with E-state index in [1.165, 1.54) is 5.69 Å². The largest absolute Gasteiger partial charge is 0.484 e. The molecule has 0 spiro atoms. The van der Waals surface area contributed by atoms with Crippen LogP contribution in [0, 0.1) is 5.92 Å². The zero-order valence-corrected chi connectivity index (χ0v) is 18.5. The van der Waals surface area contributed by atoms with Gasteiger partial charge in [0.05, 0.1) is 0 Å². The van der Waals surface area contributed by atoms with Crippen LogP contribution >= 0.6 is 0 Å². The van der Waals surface area contributed by atoms with E-state index in [1.807, 2.05) is 18.2 Å². The van der Waals surface area contributed by atoms with Crippen LogP contribution in [0.4, 0.5) is 11.4 Å². The van der Waals surface area contributed by atoms with Crippen LogP contribution in [-0.2, 0) is 9.59 Å². The van der Waals surface area contributed by atoms with Gasteiger partial charge in [-0.2, -0.15) is 0 Å². The molecule has 1 aliphatic carbocycles. The second-order valence-corrected chi connectivity index (χ2v) is 8.45. The molecule has 0 radical (unpaired) electrons. The van der Waals surface area contributed by atoms with Gasteiger partial charge < -0.3 is 20.3 Å². The van der Waals surface area contributed by atoms with Crippen molar-refractivity contribution < 1.29 is 14.3 Å². The van der Waals surface area contributed by atoms with Crippen molar-refractivity contribution in [2.75, 3.05) is 56.1 Å². The Morgan fingerprint density at radius 1 is 0.969 bits per heavy atom. The Bertz CT molecular complexity index is 893. The number of amides is 2. The molecule has 2 N–H and O–H groups in total. The number of rotatable bonds is 10. The summed E-state index contributed by atoms with van der Waals surface area (Å²) in [6, 6.07) is 17.7. The summed E-state index contributed by atoms with van der Waals surface area (Å²) >= 11 is 0. The third kappa shape index (κ3) is 6.72. The lowest BCUT2D eigenvalue weighted by Gasteiger charge is -2.36. The Morgan fingerprint density at radius 3 is 2.50 bits per heavy atom. The first-order valence-electron chi connectivity index (χ1n) is 11.5. The van der Waals surface area contributed by atoms with E-state index in [2.05, 4.69) is 44.7 Å². The van der Waals surface area contributed by atoms with Crippen LogP contribution in [0.2, 0.25) is 0 Å². The fourth-order valence-corrected chi connectivity index (χ4v) is 3.85.